The molecule has 1 fully saturated rings. The molecule has 258 valence electrons. The summed E-state index contributed by atoms with van der Waals surface area (Å²) in [5.41, 5.74) is 11.5. The van der Waals surface area contributed by atoms with Crippen LogP contribution in [0.1, 0.15) is 73.3 Å². The molecule has 5 N–H and O–H groups in total. The second-order valence-electron chi connectivity index (χ2n) is 12.6. The lowest BCUT2D eigenvalue weighted by atomic mass is 9.99. The summed E-state index contributed by atoms with van der Waals surface area (Å²) in [4.78, 5) is 31.8. The summed E-state index contributed by atoms with van der Waals surface area (Å²) in [6.07, 6.45) is 5.25. The van der Waals surface area contributed by atoms with Gasteiger partial charge in [-0.05, 0) is 67.4 Å². The average Bonchev–Trinajstić information content (AvgIpc) is 3.12. The fourth-order valence-corrected chi connectivity index (χ4v) is 5.88. The standard InChI is InChI=1S/C39H47N5O5/c1-44(23-21-31-11-7-8-22-41-31)26-33-25-36(29-19-17-28(27-45)18-20-29)49-39(48-33)30-10-9-12-32(24-30)42-37(46)15-3-2-4-16-38(47)43-35-14-6-5-13-34(35)40/h5-14,17-20,22,24,33,36,39,45H,2-4,15-16,21,23,25-27,40H2,1H3,(H,42,46)(H,43,47). The summed E-state index contributed by atoms with van der Waals surface area (Å²) in [5, 5.41) is 15.4. The first-order valence-corrected chi connectivity index (χ1v) is 17.0. The molecule has 0 spiro atoms. The molecular weight excluding hydrogens is 618 g/mol. The van der Waals surface area contributed by atoms with Crippen molar-refractivity contribution in [3.63, 3.8) is 0 Å². The normalized spacial score (nSPS) is 17.5. The largest absolute Gasteiger partial charge is 0.397 e. The molecule has 3 atom stereocenters. The first-order chi connectivity index (χ1) is 23.9. The number of para-hydroxylation sites is 2. The molecule has 2 amide bonds. The SMILES string of the molecule is CN(CCc1ccccn1)CC1CC(c2ccc(CO)cc2)OC(c2cccc(NC(=O)CCCCCC(=O)Nc3ccccc3N)c2)O1. The number of unbranched alkanes of at least 4 members (excludes halogenated alkanes) is 2. The predicted molar refractivity (Wildman–Crippen MR) is 192 cm³/mol. The molecule has 1 aromatic heterocycles. The maximum atomic E-state index is 12.8. The summed E-state index contributed by atoms with van der Waals surface area (Å²) in [6.45, 7) is 1.55. The van der Waals surface area contributed by atoms with E-state index in [0.29, 0.717) is 49.2 Å². The molecule has 2 heterocycles. The van der Waals surface area contributed by atoms with E-state index in [-0.39, 0.29) is 30.6 Å². The minimum Gasteiger partial charge on any atom is -0.397 e. The lowest BCUT2D eigenvalue weighted by Gasteiger charge is -2.38. The number of aromatic nitrogens is 1. The van der Waals surface area contributed by atoms with Crippen molar-refractivity contribution >= 4 is 28.9 Å². The van der Waals surface area contributed by atoms with Gasteiger partial charge in [0, 0.05) is 61.9 Å². The number of anilines is 3. The minimum atomic E-state index is -0.625. The van der Waals surface area contributed by atoms with Gasteiger partial charge in [-0.1, -0.05) is 61.0 Å². The molecule has 10 nitrogen and oxygen atoms in total. The van der Waals surface area contributed by atoms with Gasteiger partial charge in [0.25, 0.3) is 0 Å². The fourth-order valence-electron chi connectivity index (χ4n) is 5.88. The van der Waals surface area contributed by atoms with Crippen molar-refractivity contribution in [1.82, 2.24) is 9.88 Å². The lowest BCUT2D eigenvalue weighted by molar-refractivity contribution is -0.252. The Morgan fingerprint density at radius 3 is 2.37 bits per heavy atom. The van der Waals surface area contributed by atoms with Gasteiger partial charge in [0.15, 0.2) is 6.29 Å². The van der Waals surface area contributed by atoms with Crippen molar-refractivity contribution in [3.8, 4) is 0 Å². The van der Waals surface area contributed by atoms with E-state index in [2.05, 4.69) is 27.6 Å². The lowest BCUT2D eigenvalue weighted by Crippen LogP contribution is -2.38. The highest BCUT2D eigenvalue weighted by Gasteiger charge is 2.33. The Balaban J connectivity index is 1.14. The van der Waals surface area contributed by atoms with Crippen LogP contribution in [-0.4, -0.2) is 53.0 Å². The summed E-state index contributed by atoms with van der Waals surface area (Å²) >= 11 is 0. The van der Waals surface area contributed by atoms with Crippen LogP contribution in [0.3, 0.4) is 0 Å². The second kappa shape index (κ2) is 18.2. The molecule has 5 rings (SSSR count). The highest BCUT2D eigenvalue weighted by atomic mass is 16.7. The zero-order valence-corrected chi connectivity index (χ0v) is 28.1. The molecule has 0 bridgehead atoms. The number of benzene rings is 3. The Kier molecular flexibility index (Phi) is 13.3. The summed E-state index contributed by atoms with van der Waals surface area (Å²) in [7, 11) is 2.09. The van der Waals surface area contributed by atoms with E-state index in [1.165, 1.54) is 0 Å². The van der Waals surface area contributed by atoms with Crippen LogP contribution in [0, 0.1) is 0 Å². The van der Waals surface area contributed by atoms with Gasteiger partial charge in [-0.3, -0.25) is 14.6 Å². The smallest absolute Gasteiger partial charge is 0.224 e. The molecule has 0 radical (unpaired) electrons. The van der Waals surface area contributed by atoms with Crippen LogP contribution in [0.2, 0.25) is 0 Å². The molecular formula is C39H47N5O5. The van der Waals surface area contributed by atoms with Gasteiger partial charge in [-0.2, -0.15) is 0 Å². The van der Waals surface area contributed by atoms with Gasteiger partial charge in [0.05, 0.1) is 30.2 Å². The maximum absolute atomic E-state index is 12.8. The van der Waals surface area contributed by atoms with Crippen molar-refractivity contribution in [1.29, 1.82) is 0 Å². The van der Waals surface area contributed by atoms with Crippen LogP contribution in [0.5, 0.6) is 0 Å². The van der Waals surface area contributed by atoms with Crippen LogP contribution in [-0.2, 0) is 32.1 Å². The zero-order valence-electron chi connectivity index (χ0n) is 28.1. The Morgan fingerprint density at radius 1 is 0.878 bits per heavy atom. The molecule has 1 aliphatic rings. The second-order valence-corrected chi connectivity index (χ2v) is 12.6. The van der Waals surface area contributed by atoms with E-state index in [1.54, 1.807) is 12.1 Å². The van der Waals surface area contributed by atoms with Gasteiger partial charge < -0.3 is 35.8 Å². The third-order valence-corrected chi connectivity index (χ3v) is 8.59. The number of carbonyl (C=O) groups excluding carboxylic acids is 2. The third kappa shape index (κ3) is 11.2. The number of nitrogen functional groups attached to an aromatic ring is 1. The van der Waals surface area contributed by atoms with Crippen LogP contribution in [0.4, 0.5) is 17.1 Å². The minimum absolute atomic E-state index is 0.0123. The molecule has 1 saturated heterocycles. The number of likely N-dealkylation sites (N-methyl/N-ethyl adjacent to an activating group) is 1. The summed E-state index contributed by atoms with van der Waals surface area (Å²) < 4.78 is 13.1. The van der Waals surface area contributed by atoms with Crippen molar-refractivity contribution in [2.45, 2.75) is 70.1 Å². The monoisotopic (exact) mass is 665 g/mol. The molecule has 4 aromatic rings. The van der Waals surface area contributed by atoms with Crippen LogP contribution < -0.4 is 16.4 Å². The molecule has 3 aromatic carbocycles. The molecule has 0 saturated carbocycles. The molecule has 49 heavy (non-hydrogen) atoms. The summed E-state index contributed by atoms with van der Waals surface area (Å²) in [6, 6.07) is 28.6. The number of hydrogen-bond acceptors (Lipinski definition) is 8. The number of nitrogens with one attached hydrogen (secondary N) is 2. The van der Waals surface area contributed by atoms with E-state index in [9.17, 15) is 14.7 Å². The zero-order chi connectivity index (χ0) is 34.4. The summed E-state index contributed by atoms with van der Waals surface area (Å²) in [5.74, 6) is -0.174. The number of carbonyl (C=O) groups is 2. The maximum Gasteiger partial charge on any atom is 0.224 e. The number of aliphatic hydroxyl groups excluding tert-OH is 1. The molecule has 1 aliphatic heterocycles. The van der Waals surface area contributed by atoms with Crippen molar-refractivity contribution in [2.24, 2.45) is 0 Å². The van der Waals surface area contributed by atoms with E-state index in [1.807, 2.05) is 85.1 Å². The number of rotatable bonds is 16. The van der Waals surface area contributed by atoms with Crippen molar-refractivity contribution in [3.05, 3.63) is 120 Å². The first kappa shape index (κ1) is 35.7. The molecule has 10 heteroatoms. The van der Waals surface area contributed by atoms with Gasteiger partial charge in [-0.15, -0.1) is 0 Å². The Labute approximate surface area is 288 Å². The number of nitrogens with two attached hydrogens (primary N) is 1. The Morgan fingerprint density at radius 2 is 1.63 bits per heavy atom. The number of ether oxygens (including phenoxy) is 2. The van der Waals surface area contributed by atoms with Gasteiger partial charge >= 0.3 is 0 Å². The highest BCUT2D eigenvalue weighted by molar-refractivity contribution is 5.93. The van der Waals surface area contributed by atoms with E-state index in [4.69, 9.17) is 15.2 Å². The Bertz CT molecular complexity index is 1630. The van der Waals surface area contributed by atoms with Gasteiger partial charge in [-0.25, -0.2) is 0 Å². The fraction of sp³-hybridized carbons (Fsp3) is 0.359. The third-order valence-electron chi connectivity index (χ3n) is 8.59. The topological polar surface area (TPSA) is 139 Å². The van der Waals surface area contributed by atoms with Crippen molar-refractivity contribution < 1.29 is 24.2 Å². The number of amides is 2. The van der Waals surface area contributed by atoms with E-state index >= 15 is 0 Å². The van der Waals surface area contributed by atoms with Crippen molar-refractivity contribution in [2.75, 3.05) is 36.5 Å². The Hall–Kier alpha value is -4.61. The number of aliphatic hydroxyl groups is 1. The van der Waals surface area contributed by atoms with Crippen LogP contribution in [0.15, 0.2) is 97.2 Å². The van der Waals surface area contributed by atoms with Gasteiger partial charge in [0.1, 0.15) is 0 Å². The molecule has 0 aliphatic carbocycles. The van der Waals surface area contributed by atoms with E-state index < -0.39 is 6.29 Å². The number of pyridine rings is 1. The molecule has 3 unspecified atom stereocenters. The number of hydrogen-bond donors (Lipinski definition) is 4. The van der Waals surface area contributed by atoms with Gasteiger partial charge in [0.2, 0.25) is 11.8 Å². The van der Waals surface area contributed by atoms with E-state index in [0.717, 1.165) is 48.3 Å². The van der Waals surface area contributed by atoms with Crippen LogP contribution in [0.25, 0.3) is 0 Å². The number of nitrogens with zero attached hydrogens (tertiary/aromatic N) is 2. The van der Waals surface area contributed by atoms with Crippen LogP contribution >= 0.6 is 0 Å². The predicted octanol–water partition coefficient (Wildman–Crippen LogP) is 6.40. The quantitative estimate of drug-likeness (QED) is 0.0797. The first-order valence-electron chi connectivity index (χ1n) is 17.0. The average molecular weight is 666 g/mol. The highest BCUT2D eigenvalue weighted by Crippen LogP contribution is 2.38.